The van der Waals surface area contributed by atoms with Crippen LogP contribution in [0.4, 0.5) is 11.4 Å². The summed E-state index contributed by atoms with van der Waals surface area (Å²) in [5, 5.41) is 2.72. The largest absolute Gasteiger partial charge is 0.325 e. The first-order valence-electron chi connectivity index (χ1n) is 4.03. The van der Waals surface area contributed by atoms with Crippen LogP contribution < -0.4 is 16.2 Å². The van der Waals surface area contributed by atoms with Gasteiger partial charge in [-0.25, -0.2) is 5.43 Å². The van der Waals surface area contributed by atoms with Crippen molar-refractivity contribution in [2.75, 3.05) is 17.8 Å². The van der Waals surface area contributed by atoms with E-state index in [0.717, 1.165) is 11.4 Å². The molecule has 0 aromatic heterocycles. The average molecular weight is 179 g/mol. The summed E-state index contributed by atoms with van der Waals surface area (Å²) in [6.45, 7) is 1.48. The molecule has 1 amide bonds. The topological polar surface area (TPSA) is 53.2 Å². The summed E-state index contributed by atoms with van der Waals surface area (Å²) >= 11 is 0. The molecule has 1 rings (SSSR count). The summed E-state index contributed by atoms with van der Waals surface area (Å²) in [5.74, 6) is -0.0784. The molecule has 0 radical (unpaired) electrons. The zero-order valence-corrected chi connectivity index (χ0v) is 7.72. The lowest BCUT2D eigenvalue weighted by Gasteiger charge is -2.10. The first-order valence-corrected chi connectivity index (χ1v) is 4.03. The zero-order valence-electron chi connectivity index (χ0n) is 7.72. The fourth-order valence-electron chi connectivity index (χ4n) is 1.03. The van der Waals surface area contributed by atoms with Crippen molar-refractivity contribution in [2.24, 2.45) is 0 Å². The third-order valence-electron chi connectivity index (χ3n) is 1.50. The van der Waals surface area contributed by atoms with Gasteiger partial charge in [0.2, 0.25) is 5.91 Å². The van der Waals surface area contributed by atoms with Gasteiger partial charge in [0.1, 0.15) is 0 Å². The Morgan fingerprint density at radius 1 is 1.23 bits per heavy atom. The summed E-state index contributed by atoms with van der Waals surface area (Å²) in [5.41, 5.74) is 7.33. The maximum Gasteiger partial charge on any atom is 0.221 e. The van der Waals surface area contributed by atoms with Gasteiger partial charge in [0.25, 0.3) is 0 Å². The lowest BCUT2D eigenvalue weighted by molar-refractivity contribution is -0.114. The van der Waals surface area contributed by atoms with Crippen molar-refractivity contribution >= 4 is 17.3 Å². The van der Waals surface area contributed by atoms with Gasteiger partial charge < -0.3 is 10.7 Å². The Hall–Kier alpha value is -1.55. The predicted molar refractivity (Wildman–Crippen MR) is 53.4 cm³/mol. The molecule has 0 spiro atoms. The number of benzene rings is 1. The lowest BCUT2D eigenvalue weighted by Crippen LogP contribution is -2.17. The van der Waals surface area contributed by atoms with Gasteiger partial charge in [-0.15, -0.1) is 0 Å². The molecule has 0 fully saturated rings. The summed E-state index contributed by atoms with van der Waals surface area (Å²) in [6, 6.07) is 7.47. The van der Waals surface area contributed by atoms with E-state index in [2.05, 4.69) is 16.2 Å². The Labute approximate surface area is 77.3 Å². The van der Waals surface area contributed by atoms with Crippen LogP contribution in [-0.2, 0) is 4.79 Å². The minimum atomic E-state index is -0.0784. The van der Waals surface area contributed by atoms with Crippen molar-refractivity contribution in [1.82, 2.24) is 5.43 Å². The monoisotopic (exact) mass is 179 g/mol. The molecule has 0 saturated heterocycles. The molecule has 3 N–H and O–H groups in total. The van der Waals surface area contributed by atoms with Gasteiger partial charge >= 0.3 is 0 Å². The third-order valence-corrected chi connectivity index (χ3v) is 1.50. The number of hydrogen-bond acceptors (Lipinski definition) is 3. The minimum Gasteiger partial charge on any atom is -0.325 e. The van der Waals surface area contributed by atoms with Crippen LogP contribution in [-0.4, -0.2) is 13.0 Å². The smallest absolute Gasteiger partial charge is 0.221 e. The fraction of sp³-hybridized carbons (Fsp3) is 0.222. The van der Waals surface area contributed by atoms with Crippen molar-refractivity contribution in [3.63, 3.8) is 0 Å². The van der Waals surface area contributed by atoms with Gasteiger partial charge in [0.05, 0.1) is 11.4 Å². The van der Waals surface area contributed by atoms with Crippen LogP contribution >= 0.6 is 0 Å². The third kappa shape index (κ3) is 2.76. The van der Waals surface area contributed by atoms with Crippen LogP contribution in [0.15, 0.2) is 24.3 Å². The Kier molecular flexibility index (Phi) is 3.28. The van der Waals surface area contributed by atoms with E-state index in [1.165, 1.54) is 6.92 Å². The van der Waals surface area contributed by atoms with Gasteiger partial charge in [0, 0.05) is 14.0 Å². The summed E-state index contributed by atoms with van der Waals surface area (Å²) in [6.07, 6.45) is 0. The molecule has 13 heavy (non-hydrogen) atoms. The van der Waals surface area contributed by atoms with E-state index in [9.17, 15) is 4.79 Å². The van der Waals surface area contributed by atoms with Gasteiger partial charge in [-0.3, -0.25) is 4.79 Å². The second kappa shape index (κ2) is 4.47. The molecule has 0 atom stereocenters. The molecule has 0 aliphatic heterocycles. The van der Waals surface area contributed by atoms with E-state index < -0.39 is 0 Å². The van der Waals surface area contributed by atoms with Crippen LogP contribution in [0.3, 0.4) is 0 Å². The van der Waals surface area contributed by atoms with E-state index in [4.69, 9.17) is 0 Å². The molecule has 0 aliphatic rings. The SMILES string of the molecule is CNNc1ccccc1NC(C)=O. The number of para-hydroxylation sites is 2. The Bertz CT molecular complexity index is 299. The van der Waals surface area contributed by atoms with Crippen LogP contribution in [0.1, 0.15) is 6.92 Å². The molecule has 70 valence electrons. The molecule has 0 bridgehead atoms. The van der Waals surface area contributed by atoms with Crippen molar-refractivity contribution < 1.29 is 4.79 Å². The molecular formula is C9H13N3O. The lowest BCUT2D eigenvalue weighted by atomic mass is 10.2. The van der Waals surface area contributed by atoms with Crippen molar-refractivity contribution in [2.45, 2.75) is 6.92 Å². The van der Waals surface area contributed by atoms with Crippen LogP contribution in [0.2, 0.25) is 0 Å². The average Bonchev–Trinajstić information content (AvgIpc) is 2.08. The highest BCUT2D eigenvalue weighted by molar-refractivity contribution is 5.92. The van der Waals surface area contributed by atoms with Gasteiger partial charge in [-0.1, -0.05) is 12.1 Å². The van der Waals surface area contributed by atoms with E-state index >= 15 is 0 Å². The van der Waals surface area contributed by atoms with Gasteiger partial charge in [-0.05, 0) is 12.1 Å². The molecule has 1 aromatic rings. The van der Waals surface area contributed by atoms with Crippen molar-refractivity contribution in [1.29, 1.82) is 0 Å². The highest BCUT2D eigenvalue weighted by atomic mass is 16.1. The number of anilines is 2. The number of nitrogens with one attached hydrogen (secondary N) is 3. The Morgan fingerprint density at radius 2 is 1.85 bits per heavy atom. The molecule has 0 unspecified atom stereocenters. The maximum absolute atomic E-state index is 10.8. The fourth-order valence-corrected chi connectivity index (χ4v) is 1.03. The molecule has 0 aliphatic carbocycles. The maximum atomic E-state index is 10.8. The molecule has 0 heterocycles. The van der Waals surface area contributed by atoms with Gasteiger partial charge in [0.15, 0.2) is 0 Å². The zero-order chi connectivity index (χ0) is 9.68. The highest BCUT2D eigenvalue weighted by Crippen LogP contribution is 2.19. The second-order valence-corrected chi connectivity index (χ2v) is 2.60. The summed E-state index contributed by atoms with van der Waals surface area (Å²) in [7, 11) is 1.77. The highest BCUT2D eigenvalue weighted by Gasteiger charge is 2.00. The van der Waals surface area contributed by atoms with Crippen LogP contribution in [0.25, 0.3) is 0 Å². The summed E-state index contributed by atoms with van der Waals surface area (Å²) < 4.78 is 0. The van der Waals surface area contributed by atoms with E-state index in [0.29, 0.717) is 0 Å². The normalized spacial score (nSPS) is 9.38. The van der Waals surface area contributed by atoms with E-state index in [-0.39, 0.29) is 5.91 Å². The number of hydrazine groups is 1. The first kappa shape index (κ1) is 9.54. The van der Waals surface area contributed by atoms with Gasteiger partial charge in [-0.2, -0.15) is 0 Å². The molecule has 4 heteroatoms. The van der Waals surface area contributed by atoms with Crippen molar-refractivity contribution in [3.8, 4) is 0 Å². The van der Waals surface area contributed by atoms with Crippen molar-refractivity contribution in [3.05, 3.63) is 24.3 Å². The second-order valence-electron chi connectivity index (χ2n) is 2.60. The number of carbonyl (C=O) groups excluding carboxylic acids is 1. The summed E-state index contributed by atoms with van der Waals surface area (Å²) in [4.78, 5) is 10.8. The van der Waals surface area contributed by atoms with E-state index in [1.54, 1.807) is 7.05 Å². The quantitative estimate of drug-likeness (QED) is 0.611. The Balaban J connectivity index is 2.84. The molecule has 0 saturated carbocycles. The van der Waals surface area contributed by atoms with Crippen LogP contribution in [0, 0.1) is 0 Å². The predicted octanol–water partition coefficient (Wildman–Crippen LogP) is 1.19. The molecule has 1 aromatic carbocycles. The number of rotatable bonds is 3. The molecule has 4 nitrogen and oxygen atoms in total. The van der Waals surface area contributed by atoms with Crippen LogP contribution in [0.5, 0.6) is 0 Å². The first-order chi connectivity index (χ1) is 6.24. The van der Waals surface area contributed by atoms with E-state index in [1.807, 2.05) is 24.3 Å². The number of amides is 1. The standard InChI is InChI=1S/C9H13N3O/c1-7(13)11-8-5-3-4-6-9(8)12-10-2/h3-6,10,12H,1-2H3,(H,11,13). The molecular weight excluding hydrogens is 166 g/mol. The Morgan fingerprint density at radius 3 is 2.38 bits per heavy atom. The number of carbonyl (C=O) groups is 1. The minimum absolute atomic E-state index is 0.0784. The number of hydrogen-bond donors (Lipinski definition) is 3.